The number of furan rings is 1. The van der Waals surface area contributed by atoms with Crippen molar-refractivity contribution in [3.63, 3.8) is 0 Å². The molecular formula is C18H22O2. The van der Waals surface area contributed by atoms with Crippen LogP contribution in [0.15, 0.2) is 45.4 Å². The first kappa shape index (κ1) is 14.6. The summed E-state index contributed by atoms with van der Waals surface area (Å²) >= 11 is 0. The highest BCUT2D eigenvalue weighted by atomic mass is 16.3. The highest BCUT2D eigenvalue weighted by Gasteiger charge is 2.28. The fraction of sp³-hybridized carbons (Fsp3) is 0.389. The van der Waals surface area contributed by atoms with E-state index in [-0.39, 0.29) is 5.41 Å². The van der Waals surface area contributed by atoms with Crippen LogP contribution in [0, 0.1) is 5.41 Å². The van der Waals surface area contributed by atoms with E-state index >= 15 is 0 Å². The molecule has 0 N–H and O–H groups in total. The van der Waals surface area contributed by atoms with Gasteiger partial charge in [-0.15, -0.1) is 0 Å². The van der Waals surface area contributed by atoms with Crippen molar-refractivity contribution in [3.05, 3.63) is 52.5 Å². The molecule has 20 heavy (non-hydrogen) atoms. The van der Waals surface area contributed by atoms with Gasteiger partial charge in [0.2, 0.25) is 0 Å². The monoisotopic (exact) mass is 270 g/mol. The molecule has 0 spiro atoms. The minimum atomic E-state index is 0.274. The second-order valence-electron chi connectivity index (χ2n) is 6.16. The van der Waals surface area contributed by atoms with Gasteiger partial charge in [-0.25, -0.2) is 0 Å². The van der Waals surface area contributed by atoms with E-state index in [1.165, 1.54) is 24.0 Å². The molecule has 0 amide bonds. The number of hydrogen-bond acceptors (Lipinski definition) is 2. The maximum Gasteiger partial charge on any atom is 0.185 e. The Bertz CT molecular complexity index is 595. The standard InChI is InChI=1S/C18H22O2/c1-13(11-15-6-7-16(12-19)20-15)5-8-17-14(2)9-10-18(17,3)4/h5-8,11-12H,9-10H2,1-4H3/b8-5+,13-11+. The minimum Gasteiger partial charge on any atom is -0.454 e. The smallest absolute Gasteiger partial charge is 0.185 e. The van der Waals surface area contributed by atoms with E-state index in [1.54, 1.807) is 6.07 Å². The Morgan fingerprint density at radius 2 is 2.00 bits per heavy atom. The van der Waals surface area contributed by atoms with Gasteiger partial charge in [0.1, 0.15) is 5.76 Å². The summed E-state index contributed by atoms with van der Waals surface area (Å²) in [6.45, 7) is 8.85. The highest BCUT2D eigenvalue weighted by Crippen LogP contribution is 2.42. The van der Waals surface area contributed by atoms with Gasteiger partial charge in [-0.3, -0.25) is 4.79 Å². The van der Waals surface area contributed by atoms with Crippen molar-refractivity contribution in [2.24, 2.45) is 5.41 Å². The maximum atomic E-state index is 10.6. The highest BCUT2D eigenvalue weighted by molar-refractivity contribution is 5.71. The molecule has 0 unspecified atom stereocenters. The van der Waals surface area contributed by atoms with Gasteiger partial charge in [0.25, 0.3) is 0 Å². The Labute approximate surface area is 120 Å². The number of aldehydes is 1. The molecule has 0 saturated carbocycles. The zero-order valence-corrected chi connectivity index (χ0v) is 12.7. The maximum absolute atomic E-state index is 10.6. The van der Waals surface area contributed by atoms with Crippen LogP contribution in [0.5, 0.6) is 0 Å². The molecule has 0 atom stereocenters. The molecule has 1 aliphatic carbocycles. The van der Waals surface area contributed by atoms with Crippen LogP contribution < -0.4 is 0 Å². The molecule has 2 nitrogen and oxygen atoms in total. The first-order valence-corrected chi connectivity index (χ1v) is 7.04. The number of carbonyl (C=O) groups is 1. The lowest BCUT2D eigenvalue weighted by Crippen LogP contribution is -2.08. The predicted molar refractivity (Wildman–Crippen MR) is 82.6 cm³/mol. The number of carbonyl (C=O) groups excluding carboxylic acids is 1. The second-order valence-corrected chi connectivity index (χ2v) is 6.16. The zero-order chi connectivity index (χ0) is 14.8. The summed E-state index contributed by atoms with van der Waals surface area (Å²) in [7, 11) is 0. The van der Waals surface area contributed by atoms with Gasteiger partial charge in [-0.05, 0) is 61.5 Å². The summed E-state index contributed by atoms with van der Waals surface area (Å²) in [6, 6.07) is 3.49. The normalized spacial score (nSPS) is 19.1. The molecule has 0 radical (unpaired) electrons. The fourth-order valence-electron chi connectivity index (χ4n) is 2.71. The molecule has 1 aromatic heterocycles. The molecule has 0 aliphatic heterocycles. The van der Waals surface area contributed by atoms with E-state index < -0.39 is 0 Å². The summed E-state index contributed by atoms with van der Waals surface area (Å²) in [5.74, 6) is 1.08. The van der Waals surface area contributed by atoms with Gasteiger partial charge in [0.05, 0.1) is 0 Å². The number of rotatable bonds is 4. The second kappa shape index (κ2) is 5.66. The third kappa shape index (κ3) is 3.19. The fourth-order valence-corrected chi connectivity index (χ4v) is 2.71. The minimum absolute atomic E-state index is 0.274. The van der Waals surface area contributed by atoms with Crippen LogP contribution >= 0.6 is 0 Å². The average Bonchev–Trinajstić information content (AvgIpc) is 2.93. The Kier molecular flexibility index (Phi) is 4.12. The summed E-state index contributed by atoms with van der Waals surface area (Å²) in [4.78, 5) is 10.6. The predicted octanol–water partition coefficient (Wildman–Crippen LogP) is 5.19. The van der Waals surface area contributed by atoms with Crippen molar-refractivity contribution >= 4 is 12.4 Å². The largest absolute Gasteiger partial charge is 0.454 e. The molecule has 0 fully saturated rings. The molecule has 1 aliphatic rings. The quantitative estimate of drug-likeness (QED) is 0.557. The lowest BCUT2D eigenvalue weighted by molar-refractivity contribution is 0.110. The summed E-state index contributed by atoms with van der Waals surface area (Å²) in [6.07, 6.45) is 9.42. The average molecular weight is 270 g/mol. The third-order valence-electron chi connectivity index (χ3n) is 3.96. The SMILES string of the molecule is CC1=C(/C=C/C(C)=C/c2ccc(C=O)o2)C(C)(C)CC1. The number of hydrogen-bond donors (Lipinski definition) is 0. The Balaban J connectivity index is 2.15. The van der Waals surface area contributed by atoms with Crippen LogP contribution in [-0.4, -0.2) is 6.29 Å². The first-order valence-electron chi connectivity index (χ1n) is 7.04. The molecule has 1 heterocycles. The lowest BCUT2D eigenvalue weighted by Gasteiger charge is -2.20. The van der Waals surface area contributed by atoms with Crippen molar-refractivity contribution in [3.8, 4) is 0 Å². The van der Waals surface area contributed by atoms with Crippen molar-refractivity contribution in [1.82, 2.24) is 0 Å². The molecule has 2 heteroatoms. The van der Waals surface area contributed by atoms with Crippen molar-refractivity contribution in [2.75, 3.05) is 0 Å². The van der Waals surface area contributed by atoms with Crippen LogP contribution in [0.25, 0.3) is 6.08 Å². The van der Waals surface area contributed by atoms with E-state index in [1.807, 2.05) is 19.1 Å². The Hall–Kier alpha value is -1.83. The summed E-state index contributed by atoms with van der Waals surface area (Å²) in [5.41, 5.74) is 4.31. The molecular weight excluding hydrogens is 248 g/mol. The summed E-state index contributed by atoms with van der Waals surface area (Å²) in [5, 5.41) is 0. The van der Waals surface area contributed by atoms with E-state index in [0.29, 0.717) is 11.5 Å². The summed E-state index contributed by atoms with van der Waals surface area (Å²) < 4.78 is 5.35. The van der Waals surface area contributed by atoms with Crippen molar-refractivity contribution in [2.45, 2.75) is 40.5 Å². The van der Waals surface area contributed by atoms with E-state index in [4.69, 9.17) is 4.42 Å². The Morgan fingerprint density at radius 1 is 1.30 bits per heavy atom. The molecule has 2 rings (SSSR count). The first-order chi connectivity index (χ1) is 9.42. The van der Waals surface area contributed by atoms with Gasteiger partial charge in [0.15, 0.2) is 12.0 Å². The van der Waals surface area contributed by atoms with Crippen LogP contribution in [0.1, 0.15) is 56.9 Å². The van der Waals surface area contributed by atoms with E-state index in [9.17, 15) is 4.79 Å². The zero-order valence-electron chi connectivity index (χ0n) is 12.7. The van der Waals surface area contributed by atoms with Gasteiger partial charge in [-0.1, -0.05) is 31.6 Å². The van der Waals surface area contributed by atoms with Gasteiger partial charge < -0.3 is 4.42 Å². The van der Waals surface area contributed by atoms with Gasteiger partial charge in [0, 0.05) is 0 Å². The molecule has 106 valence electrons. The molecule has 0 aromatic carbocycles. The van der Waals surface area contributed by atoms with Crippen molar-refractivity contribution in [1.29, 1.82) is 0 Å². The lowest BCUT2D eigenvalue weighted by atomic mass is 9.85. The van der Waals surface area contributed by atoms with E-state index in [0.717, 1.165) is 11.9 Å². The molecule has 0 saturated heterocycles. The van der Waals surface area contributed by atoms with Crippen LogP contribution in [-0.2, 0) is 0 Å². The number of allylic oxidation sites excluding steroid dienone is 5. The molecule has 1 aromatic rings. The van der Waals surface area contributed by atoms with Crippen LogP contribution in [0.3, 0.4) is 0 Å². The van der Waals surface area contributed by atoms with Gasteiger partial charge in [-0.2, -0.15) is 0 Å². The Morgan fingerprint density at radius 3 is 2.55 bits per heavy atom. The topological polar surface area (TPSA) is 30.2 Å². The third-order valence-corrected chi connectivity index (χ3v) is 3.96. The van der Waals surface area contributed by atoms with Crippen LogP contribution in [0.4, 0.5) is 0 Å². The van der Waals surface area contributed by atoms with E-state index in [2.05, 4.69) is 32.9 Å². The van der Waals surface area contributed by atoms with Crippen LogP contribution in [0.2, 0.25) is 0 Å². The van der Waals surface area contributed by atoms with Crippen molar-refractivity contribution < 1.29 is 9.21 Å². The molecule has 0 bridgehead atoms. The van der Waals surface area contributed by atoms with Gasteiger partial charge >= 0.3 is 0 Å².